The molecule has 6 nitrogen and oxygen atoms in total. The normalized spacial score (nSPS) is 11.1. The minimum Gasteiger partial charge on any atom is -0.459 e. The number of ether oxygens (including phenoxy) is 1. The lowest BCUT2D eigenvalue weighted by Crippen LogP contribution is -2.48. The molecule has 0 saturated carbocycles. The standard InChI is InChI=1S/C12H22N2O4/c1-8(2)13-11(17)14(9(3)15)7-10(16)18-12(4,5)6/h8H,7H2,1-6H3,(H,13,17). The van der Waals surface area contributed by atoms with Gasteiger partial charge in [0.25, 0.3) is 0 Å². The smallest absolute Gasteiger partial charge is 0.326 e. The van der Waals surface area contributed by atoms with Gasteiger partial charge in [0, 0.05) is 13.0 Å². The number of nitrogens with one attached hydrogen (secondary N) is 1. The summed E-state index contributed by atoms with van der Waals surface area (Å²) in [5.74, 6) is -1.12. The van der Waals surface area contributed by atoms with E-state index in [1.54, 1.807) is 34.6 Å². The topological polar surface area (TPSA) is 75.7 Å². The zero-order valence-corrected chi connectivity index (χ0v) is 11.9. The molecule has 0 heterocycles. The van der Waals surface area contributed by atoms with Gasteiger partial charge in [-0.3, -0.25) is 14.5 Å². The van der Waals surface area contributed by atoms with Crippen LogP contribution in [0.4, 0.5) is 4.79 Å². The molecule has 0 aliphatic carbocycles. The first-order valence-electron chi connectivity index (χ1n) is 5.83. The molecule has 0 fully saturated rings. The summed E-state index contributed by atoms with van der Waals surface area (Å²) in [6.07, 6.45) is 0. The molecule has 0 aromatic rings. The Labute approximate surface area is 108 Å². The highest BCUT2D eigenvalue weighted by molar-refractivity contribution is 5.96. The number of hydrogen-bond acceptors (Lipinski definition) is 4. The Hall–Kier alpha value is -1.59. The van der Waals surface area contributed by atoms with E-state index in [4.69, 9.17) is 4.74 Å². The summed E-state index contributed by atoms with van der Waals surface area (Å²) in [5.41, 5.74) is -0.645. The zero-order valence-electron chi connectivity index (χ0n) is 11.9. The molecular formula is C12H22N2O4. The second-order valence-electron chi connectivity index (χ2n) is 5.30. The van der Waals surface area contributed by atoms with Gasteiger partial charge in [0.1, 0.15) is 12.1 Å². The lowest BCUT2D eigenvalue weighted by Gasteiger charge is -2.24. The molecule has 0 aliphatic heterocycles. The van der Waals surface area contributed by atoms with Gasteiger partial charge in [-0.2, -0.15) is 0 Å². The predicted octanol–water partition coefficient (Wildman–Crippen LogP) is 1.29. The molecule has 1 N–H and O–H groups in total. The van der Waals surface area contributed by atoms with Gasteiger partial charge in [-0.05, 0) is 34.6 Å². The Balaban J connectivity index is 4.60. The zero-order chi connectivity index (χ0) is 14.5. The number of esters is 1. The summed E-state index contributed by atoms with van der Waals surface area (Å²) in [4.78, 5) is 35.4. The van der Waals surface area contributed by atoms with Crippen molar-refractivity contribution in [1.82, 2.24) is 10.2 Å². The van der Waals surface area contributed by atoms with Crippen LogP contribution >= 0.6 is 0 Å². The number of rotatable bonds is 3. The largest absolute Gasteiger partial charge is 0.459 e. The molecule has 0 spiro atoms. The van der Waals surface area contributed by atoms with E-state index in [2.05, 4.69) is 5.32 Å². The third kappa shape index (κ3) is 6.88. The van der Waals surface area contributed by atoms with Gasteiger partial charge in [-0.25, -0.2) is 4.79 Å². The van der Waals surface area contributed by atoms with Crippen LogP contribution in [0.15, 0.2) is 0 Å². The van der Waals surface area contributed by atoms with Crippen LogP contribution in [0.3, 0.4) is 0 Å². The quantitative estimate of drug-likeness (QED) is 0.774. The van der Waals surface area contributed by atoms with Crippen molar-refractivity contribution in [2.45, 2.75) is 53.2 Å². The number of amides is 3. The van der Waals surface area contributed by atoms with Gasteiger partial charge in [-0.1, -0.05) is 0 Å². The number of urea groups is 1. The van der Waals surface area contributed by atoms with Gasteiger partial charge in [0.15, 0.2) is 0 Å². The monoisotopic (exact) mass is 258 g/mol. The van der Waals surface area contributed by atoms with E-state index < -0.39 is 23.5 Å². The molecule has 104 valence electrons. The van der Waals surface area contributed by atoms with Gasteiger partial charge in [0.2, 0.25) is 5.91 Å². The van der Waals surface area contributed by atoms with Crippen LogP contribution in [-0.2, 0) is 14.3 Å². The number of carbonyl (C=O) groups is 3. The van der Waals surface area contributed by atoms with E-state index >= 15 is 0 Å². The Kier molecular flexibility index (Phi) is 5.81. The maximum absolute atomic E-state index is 11.7. The summed E-state index contributed by atoms with van der Waals surface area (Å²) >= 11 is 0. The fourth-order valence-electron chi connectivity index (χ4n) is 1.15. The van der Waals surface area contributed by atoms with Crippen molar-refractivity contribution in [3.05, 3.63) is 0 Å². The Bertz CT molecular complexity index is 331. The lowest BCUT2D eigenvalue weighted by molar-refractivity contribution is -0.157. The van der Waals surface area contributed by atoms with Crippen LogP contribution in [0.2, 0.25) is 0 Å². The van der Waals surface area contributed by atoms with Gasteiger partial charge in [-0.15, -0.1) is 0 Å². The SMILES string of the molecule is CC(=O)N(CC(=O)OC(C)(C)C)C(=O)NC(C)C. The predicted molar refractivity (Wildman–Crippen MR) is 66.9 cm³/mol. The van der Waals surface area contributed by atoms with Crippen LogP contribution in [0.25, 0.3) is 0 Å². The molecule has 3 amide bonds. The van der Waals surface area contributed by atoms with Crippen molar-refractivity contribution in [2.75, 3.05) is 6.54 Å². The molecule has 0 radical (unpaired) electrons. The molecule has 0 unspecified atom stereocenters. The molecule has 0 bridgehead atoms. The maximum atomic E-state index is 11.7. The summed E-state index contributed by atoms with van der Waals surface area (Å²) in [5, 5.41) is 2.55. The van der Waals surface area contributed by atoms with E-state index in [1.807, 2.05) is 0 Å². The summed E-state index contributed by atoms with van der Waals surface area (Å²) in [7, 11) is 0. The number of nitrogens with zero attached hydrogens (tertiary/aromatic N) is 1. The van der Waals surface area contributed by atoms with Crippen LogP contribution < -0.4 is 5.32 Å². The van der Waals surface area contributed by atoms with Crippen LogP contribution in [0, 0.1) is 0 Å². The molecule has 0 aromatic carbocycles. The first-order chi connectivity index (χ1) is 8.03. The average Bonchev–Trinajstić information content (AvgIpc) is 2.09. The summed E-state index contributed by atoms with van der Waals surface area (Å²) in [6.45, 7) is 9.54. The van der Waals surface area contributed by atoms with E-state index in [0.717, 1.165) is 4.90 Å². The van der Waals surface area contributed by atoms with Crippen molar-refractivity contribution >= 4 is 17.9 Å². The fraction of sp³-hybridized carbons (Fsp3) is 0.750. The second-order valence-corrected chi connectivity index (χ2v) is 5.30. The molecule has 18 heavy (non-hydrogen) atoms. The van der Waals surface area contributed by atoms with Crippen molar-refractivity contribution in [3.8, 4) is 0 Å². The molecule has 0 aliphatic rings. The minimum atomic E-state index is -0.645. The average molecular weight is 258 g/mol. The van der Waals surface area contributed by atoms with Crippen molar-refractivity contribution < 1.29 is 19.1 Å². The molecule has 0 aromatic heterocycles. The van der Waals surface area contributed by atoms with E-state index in [-0.39, 0.29) is 12.6 Å². The third-order valence-electron chi connectivity index (χ3n) is 1.74. The molecular weight excluding hydrogens is 236 g/mol. The molecule has 6 heteroatoms. The molecule has 0 rings (SSSR count). The van der Waals surface area contributed by atoms with E-state index in [0.29, 0.717) is 0 Å². The highest BCUT2D eigenvalue weighted by Crippen LogP contribution is 2.07. The Morgan fingerprint density at radius 3 is 2.06 bits per heavy atom. The lowest BCUT2D eigenvalue weighted by atomic mass is 10.2. The van der Waals surface area contributed by atoms with Crippen molar-refractivity contribution in [1.29, 1.82) is 0 Å². The summed E-state index contributed by atoms with van der Waals surface area (Å²) < 4.78 is 5.06. The van der Waals surface area contributed by atoms with Gasteiger partial charge in [0.05, 0.1) is 0 Å². The van der Waals surface area contributed by atoms with Crippen molar-refractivity contribution in [3.63, 3.8) is 0 Å². The highest BCUT2D eigenvalue weighted by Gasteiger charge is 2.25. The van der Waals surface area contributed by atoms with Crippen molar-refractivity contribution in [2.24, 2.45) is 0 Å². The van der Waals surface area contributed by atoms with E-state index in [9.17, 15) is 14.4 Å². The first-order valence-corrected chi connectivity index (χ1v) is 5.83. The van der Waals surface area contributed by atoms with Gasteiger partial charge >= 0.3 is 12.0 Å². The number of hydrogen-bond donors (Lipinski definition) is 1. The number of imide groups is 1. The molecule has 0 saturated heterocycles. The Morgan fingerprint density at radius 1 is 1.22 bits per heavy atom. The Morgan fingerprint density at radius 2 is 1.72 bits per heavy atom. The third-order valence-corrected chi connectivity index (χ3v) is 1.74. The van der Waals surface area contributed by atoms with Crippen LogP contribution in [-0.4, -0.2) is 41.0 Å². The van der Waals surface area contributed by atoms with E-state index in [1.165, 1.54) is 6.92 Å². The fourth-order valence-corrected chi connectivity index (χ4v) is 1.15. The van der Waals surface area contributed by atoms with Crippen LogP contribution in [0.1, 0.15) is 41.5 Å². The highest BCUT2D eigenvalue weighted by atomic mass is 16.6. The summed E-state index contributed by atoms with van der Waals surface area (Å²) in [6, 6.07) is -0.707. The van der Waals surface area contributed by atoms with Gasteiger partial charge < -0.3 is 10.1 Å². The van der Waals surface area contributed by atoms with Crippen LogP contribution in [0.5, 0.6) is 0 Å². The second kappa shape index (κ2) is 6.37. The first kappa shape index (κ1) is 16.4. The molecule has 0 atom stereocenters. The maximum Gasteiger partial charge on any atom is 0.326 e. The minimum absolute atomic E-state index is 0.113. The number of carbonyl (C=O) groups excluding carboxylic acids is 3.